The molecule has 1 saturated heterocycles. The molecule has 0 spiro atoms. The van der Waals surface area contributed by atoms with Gasteiger partial charge in [0.15, 0.2) is 0 Å². The van der Waals surface area contributed by atoms with E-state index in [1.165, 1.54) is 0 Å². The Hall–Kier alpha value is -1.43. The molecule has 24 heavy (non-hydrogen) atoms. The molecule has 1 fully saturated rings. The SMILES string of the molecule is CCC(CO)N1CCN(C(C)C(=O)Nc2cc(C)ccc2C)CC1. The highest BCUT2D eigenvalue weighted by molar-refractivity contribution is 5.95. The lowest BCUT2D eigenvalue weighted by atomic mass is 10.1. The van der Waals surface area contributed by atoms with Gasteiger partial charge in [0.05, 0.1) is 12.6 Å². The van der Waals surface area contributed by atoms with Crippen molar-refractivity contribution in [2.45, 2.75) is 46.2 Å². The van der Waals surface area contributed by atoms with E-state index in [0.717, 1.165) is 49.4 Å². The average Bonchev–Trinajstić information content (AvgIpc) is 2.59. The molecule has 0 bridgehead atoms. The molecule has 1 heterocycles. The predicted octanol–water partition coefficient (Wildman–Crippen LogP) is 2.02. The first-order valence-corrected chi connectivity index (χ1v) is 8.93. The van der Waals surface area contributed by atoms with Crippen LogP contribution in [0.2, 0.25) is 0 Å². The highest BCUT2D eigenvalue weighted by Gasteiger charge is 2.28. The molecule has 0 saturated carbocycles. The van der Waals surface area contributed by atoms with E-state index >= 15 is 0 Å². The lowest BCUT2D eigenvalue weighted by Crippen LogP contribution is -2.55. The Labute approximate surface area is 145 Å². The van der Waals surface area contributed by atoms with Crippen LogP contribution in [-0.4, -0.2) is 65.7 Å². The molecule has 2 atom stereocenters. The third kappa shape index (κ3) is 4.56. The number of nitrogens with one attached hydrogen (secondary N) is 1. The number of nitrogens with zero attached hydrogens (tertiary/aromatic N) is 2. The summed E-state index contributed by atoms with van der Waals surface area (Å²) in [7, 11) is 0. The first-order valence-electron chi connectivity index (χ1n) is 8.93. The molecule has 134 valence electrons. The molecule has 2 rings (SSSR count). The van der Waals surface area contributed by atoms with Crippen molar-refractivity contribution in [2.75, 3.05) is 38.1 Å². The van der Waals surface area contributed by atoms with Gasteiger partial charge < -0.3 is 10.4 Å². The van der Waals surface area contributed by atoms with Crippen LogP contribution < -0.4 is 5.32 Å². The predicted molar refractivity (Wildman–Crippen MR) is 98.3 cm³/mol. The zero-order valence-electron chi connectivity index (χ0n) is 15.4. The van der Waals surface area contributed by atoms with Crippen molar-refractivity contribution in [3.8, 4) is 0 Å². The molecule has 5 nitrogen and oxygen atoms in total. The van der Waals surface area contributed by atoms with Gasteiger partial charge in [0, 0.05) is 37.9 Å². The fraction of sp³-hybridized carbons (Fsp3) is 0.632. The van der Waals surface area contributed by atoms with Crippen LogP contribution >= 0.6 is 0 Å². The summed E-state index contributed by atoms with van der Waals surface area (Å²) in [5.74, 6) is 0.0475. The van der Waals surface area contributed by atoms with E-state index < -0.39 is 0 Å². The van der Waals surface area contributed by atoms with Crippen LogP contribution in [0.5, 0.6) is 0 Å². The second-order valence-corrected chi connectivity index (χ2v) is 6.80. The lowest BCUT2D eigenvalue weighted by molar-refractivity contribution is -0.121. The second kappa shape index (κ2) is 8.60. The van der Waals surface area contributed by atoms with Crippen molar-refractivity contribution in [3.63, 3.8) is 0 Å². The molecule has 2 N–H and O–H groups in total. The van der Waals surface area contributed by atoms with Crippen molar-refractivity contribution in [2.24, 2.45) is 0 Å². The number of benzene rings is 1. The monoisotopic (exact) mass is 333 g/mol. The fourth-order valence-corrected chi connectivity index (χ4v) is 3.27. The van der Waals surface area contributed by atoms with E-state index in [1.807, 2.05) is 32.9 Å². The minimum absolute atomic E-state index is 0.0475. The molecule has 1 aliphatic heterocycles. The molecule has 1 aromatic carbocycles. The Bertz CT molecular complexity index is 550. The number of hydrogen-bond donors (Lipinski definition) is 2. The summed E-state index contributed by atoms with van der Waals surface area (Å²) in [6, 6.07) is 6.20. The van der Waals surface area contributed by atoms with Gasteiger partial charge in [-0.05, 0) is 44.4 Å². The number of hydrogen-bond acceptors (Lipinski definition) is 4. The van der Waals surface area contributed by atoms with Gasteiger partial charge in [-0.25, -0.2) is 0 Å². The maximum Gasteiger partial charge on any atom is 0.241 e. The minimum atomic E-state index is -0.152. The summed E-state index contributed by atoms with van der Waals surface area (Å²) < 4.78 is 0. The number of piperazine rings is 1. The minimum Gasteiger partial charge on any atom is -0.395 e. The number of anilines is 1. The summed E-state index contributed by atoms with van der Waals surface area (Å²) >= 11 is 0. The van der Waals surface area contributed by atoms with Crippen molar-refractivity contribution >= 4 is 11.6 Å². The van der Waals surface area contributed by atoms with Crippen molar-refractivity contribution in [1.82, 2.24) is 9.80 Å². The summed E-state index contributed by atoms with van der Waals surface area (Å²) in [6.45, 7) is 11.9. The lowest BCUT2D eigenvalue weighted by Gasteiger charge is -2.40. The number of aliphatic hydroxyl groups excluding tert-OH is 1. The molecule has 0 aromatic heterocycles. The van der Waals surface area contributed by atoms with E-state index in [2.05, 4.69) is 28.1 Å². The molecule has 1 aromatic rings. The zero-order valence-corrected chi connectivity index (χ0v) is 15.4. The standard InChI is InChI=1S/C19H31N3O2/c1-5-17(13-23)22-10-8-21(9-11-22)16(4)19(24)20-18-12-14(2)6-7-15(18)3/h6-7,12,16-17,23H,5,8-11,13H2,1-4H3,(H,20,24). The molecule has 1 aliphatic rings. The van der Waals surface area contributed by atoms with E-state index in [9.17, 15) is 9.90 Å². The van der Waals surface area contributed by atoms with Gasteiger partial charge in [-0.3, -0.25) is 14.6 Å². The van der Waals surface area contributed by atoms with E-state index in [0.29, 0.717) is 0 Å². The van der Waals surface area contributed by atoms with Crippen LogP contribution in [0.1, 0.15) is 31.4 Å². The van der Waals surface area contributed by atoms with Gasteiger partial charge in [-0.15, -0.1) is 0 Å². The van der Waals surface area contributed by atoms with E-state index in [-0.39, 0.29) is 24.6 Å². The average molecular weight is 333 g/mol. The van der Waals surface area contributed by atoms with Crippen LogP contribution in [0.4, 0.5) is 5.69 Å². The summed E-state index contributed by atoms with van der Waals surface area (Å²) in [4.78, 5) is 17.1. The van der Waals surface area contributed by atoms with Crippen LogP contribution in [-0.2, 0) is 4.79 Å². The van der Waals surface area contributed by atoms with Gasteiger partial charge >= 0.3 is 0 Å². The molecule has 0 radical (unpaired) electrons. The molecule has 1 amide bonds. The van der Waals surface area contributed by atoms with Gasteiger partial charge in [-0.1, -0.05) is 19.1 Å². The smallest absolute Gasteiger partial charge is 0.241 e. The molecule has 5 heteroatoms. The van der Waals surface area contributed by atoms with Crippen molar-refractivity contribution in [3.05, 3.63) is 29.3 Å². The van der Waals surface area contributed by atoms with E-state index in [4.69, 9.17) is 0 Å². The first kappa shape index (κ1) is 18.9. The molecular weight excluding hydrogens is 302 g/mol. The highest BCUT2D eigenvalue weighted by atomic mass is 16.3. The number of aryl methyl sites for hydroxylation is 2. The third-order valence-electron chi connectivity index (χ3n) is 5.13. The maximum absolute atomic E-state index is 12.6. The zero-order chi connectivity index (χ0) is 17.7. The van der Waals surface area contributed by atoms with Crippen molar-refractivity contribution < 1.29 is 9.90 Å². The fourth-order valence-electron chi connectivity index (χ4n) is 3.27. The largest absolute Gasteiger partial charge is 0.395 e. The van der Waals surface area contributed by atoms with Crippen molar-refractivity contribution in [1.29, 1.82) is 0 Å². The Morgan fingerprint density at radius 3 is 2.42 bits per heavy atom. The summed E-state index contributed by atoms with van der Waals surface area (Å²) in [5, 5.41) is 12.5. The van der Waals surface area contributed by atoms with Crippen LogP contribution in [0.25, 0.3) is 0 Å². The van der Waals surface area contributed by atoms with E-state index in [1.54, 1.807) is 0 Å². The number of rotatable bonds is 6. The van der Waals surface area contributed by atoms with Crippen LogP contribution in [0, 0.1) is 13.8 Å². The number of carbonyl (C=O) groups is 1. The number of aliphatic hydroxyl groups is 1. The number of carbonyl (C=O) groups excluding carboxylic acids is 1. The molecular formula is C19H31N3O2. The summed E-state index contributed by atoms with van der Waals surface area (Å²) in [6.07, 6.45) is 0.958. The Morgan fingerprint density at radius 1 is 1.21 bits per heavy atom. The Morgan fingerprint density at radius 2 is 1.83 bits per heavy atom. The Kier molecular flexibility index (Phi) is 6.78. The van der Waals surface area contributed by atoms with Gasteiger partial charge in [0.2, 0.25) is 5.91 Å². The van der Waals surface area contributed by atoms with Crippen LogP contribution in [0.3, 0.4) is 0 Å². The van der Waals surface area contributed by atoms with Gasteiger partial charge in [0.25, 0.3) is 0 Å². The third-order valence-corrected chi connectivity index (χ3v) is 5.13. The molecule has 0 aliphatic carbocycles. The molecule has 2 unspecified atom stereocenters. The second-order valence-electron chi connectivity index (χ2n) is 6.80. The first-order chi connectivity index (χ1) is 11.5. The number of amides is 1. The van der Waals surface area contributed by atoms with Gasteiger partial charge in [0.1, 0.15) is 0 Å². The van der Waals surface area contributed by atoms with Gasteiger partial charge in [-0.2, -0.15) is 0 Å². The summed E-state index contributed by atoms with van der Waals surface area (Å²) in [5.41, 5.74) is 3.13. The maximum atomic E-state index is 12.6. The quantitative estimate of drug-likeness (QED) is 0.836. The topological polar surface area (TPSA) is 55.8 Å². The Balaban J connectivity index is 1.91. The normalized spacial score (nSPS) is 19.0. The highest BCUT2D eigenvalue weighted by Crippen LogP contribution is 2.18. The van der Waals surface area contributed by atoms with Crippen LogP contribution in [0.15, 0.2) is 18.2 Å².